The normalized spacial score (nSPS) is 13.6. The van der Waals surface area contributed by atoms with Gasteiger partial charge in [0.2, 0.25) is 0 Å². The van der Waals surface area contributed by atoms with Crippen molar-refractivity contribution in [2.45, 2.75) is 29.9 Å². The molecule has 1 aromatic rings. The highest BCUT2D eigenvalue weighted by atomic mass is 35.5. The molecule has 2 atom stereocenters. The summed E-state index contributed by atoms with van der Waals surface area (Å²) in [6.45, 7) is 5.59. The Hall–Kier alpha value is -1.13. The molecule has 0 aromatic heterocycles. The molecular weight excluding hydrogens is 284 g/mol. The minimum absolute atomic E-state index is 0.202. The van der Waals surface area contributed by atoms with Gasteiger partial charge in [-0.15, -0.1) is 0 Å². The minimum atomic E-state index is -1.27. The van der Waals surface area contributed by atoms with E-state index in [-0.39, 0.29) is 5.25 Å². The average Bonchev–Trinajstić information content (AvgIpc) is 2.43. The van der Waals surface area contributed by atoms with Crippen molar-refractivity contribution in [1.29, 1.82) is 0 Å². The third-order valence-corrected chi connectivity index (χ3v) is 5.10. The van der Waals surface area contributed by atoms with E-state index >= 15 is 0 Å². The highest BCUT2D eigenvalue weighted by molar-refractivity contribution is 7.85. The molecular formula is C14H17ClO3S. The van der Waals surface area contributed by atoms with Crippen LogP contribution in [0.2, 0.25) is 5.02 Å². The maximum atomic E-state index is 12.5. The van der Waals surface area contributed by atoms with Gasteiger partial charge in [-0.1, -0.05) is 37.2 Å². The quantitative estimate of drug-likeness (QED) is 0.598. The van der Waals surface area contributed by atoms with Crippen LogP contribution in [0.1, 0.15) is 19.8 Å². The zero-order valence-corrected chi connectivity index (χ0v) is 12.6. The van der Waals surface area contributed by atoms with Crippen LogP contribution in [-0.4, -0.2) is 22.5 Å². The summed E-state index contributed by atoms with van der Waals surface area (Å²) in [6, 6.07) is 7.02. The van der Waals surface area contributed by atoms with Crippen LogP contribution >= 0.6 is 11.6 Å². The van der Waals surface area contributed by atoms with Crippen molar-refractivity contribution < 1.29 is 13.7 Å². The average molecular weight is 301 g/mol. The van der Waals surface area contributed by atoms with Gasteiger partial charge >= 0.3 is 5.97 Å². The number of methoxy groups -OCH3 is 1. The summed E-state index contributed by atoms with van der Waals surface area (Å²) in [6.07, 6.45) is 0.995. The van der Waals surface area contributed by atoms with Gasteiger partial charge in [0.25, 0.3) is 0 Å². The number of halogens is 1. The summed E-state index contributed by atoms with van der Waals surface area (Å²) >= 11 is 6.04. The Bertz CT molecular complexity index is 499. The molecule has 5 heteroatoms. The molecule has 1 unspecified atom stereocenters. The Labute approximate surface area is 121 Å². The van der Waals surface area contributed by atoms with Gasteiger partial charge < -0.3 is 4.74 Å². The predicted octanol–water partition coefficient (Wildman–Crippen LogP) is 3.35. The van der Waals surface area contributed by atoms with Crippen LogP contribution in [0.4, 0.5) is 0 Å². The standard InChI is InChI=1S/C14H17ClO3S/c1-4-11(9-10(2)14(16)18-3)19(17)13-8-6-5-7-12(13)15/h5-8,11H,2,4,9H2,1,3H3/t11-,19?/m1/s1. The van der Waals surface area contributed by atoms with Gasteiger partial charge in [-0.05, 0) is 25.0 Å². The smallest absolute Gasteiger partial charge is 0.333 e. The number of hydrogen-bond acceptors (Lipinski definition) is 3. The van der Waals surface area contributed by atoms with E-state index in [0.717, 1.165) is 0 Å². The monoisotopic (exact) mass is 300 g/mol. The second-order valence-electron chi connectivity index (χ2n) is 4.06. The third kappa shape index (κ3) is 4.18. The SMILES string of the molecule is C=C(C[C@@H](CC)S(=O)c1ccccc1Cl)C(=O)OC. The lowest BCUT2D eigenvalue weighted by Crippen LogP contribution is -2.18. The largest absolute Gasteiger partial charge is 0.466 e. The van der Waals surface area contributed by atoms with E-state index in [0.29, 0.717) is 28.3 Å². The van der Waals surface area contributed by atoms with Crippen LogP contribution in [0.25, 0.3) is 0 Å². The van der Waals surface area contributed by atoms with Crippen molar-refractivity contribution in [1.82, 2.24) is 0 Å². The summed E-state index contributed by atoms with van der Waals surface area (Å²) < 4.78 is 17.1. The fourth-order valence-corrected chi connectivity index (χ4v) is 3.51. The number of esters is 1. The molecule has 104 valence electrons. The summed E-state index contributed by atoms with van der Waals surface area (Å²) in [5.74, 6) is -0.463. The number of hydrogen-bond donors (Lipinski definition) is 0. The first-order chi connectivity index (χ1) is 9.01. The molecule has 0 saturated carbocycles. The fourth-order valence-electron chi connectivity index (χ4n) is 1.66. The second-order valence-corrected chi connectivity index (χ2v) is 6.17. The van der Waals surface area contributed by atoms with Crippen LogP contribution < -0.4 is 0 Å². The molecule has 0 N–H and O–H groups in total. The first-order valence-corrected chi connectivity index (χ1v) is 7.51. The van der Waals surface area contributed by atoms with Crippen molar-refractivity contribution in [2.24, 2.45) is 0 Å². The molecule has 0 radical (unpaired) electrons. The molecule has 0 aliphatic carbocycles. The molecule has 3 nitrogen and oxygen atoms in total. The molecule has 0 spiro atoms. The van der Waals surface area contributed by atoms with Gasteiger partial charge in [-0.25, -0.2) is 4.79 Å². The van der Waals surface area contributed by atoms with Gasteiger partial charge in [0, 0.05) is 10.8 Å². The predicted molar refractivity (Wildman–Crippen MR) is 77.7 cm³/mol. The highest BCUT2D eigenvalue weighted by Gasteiger charge is 2.22. The molecule has 0 amide bonds. The van der Waals surface area contributed by atoms with E-state index in [4.69, 9.17) is 11.6 Å². The molecule has 0 heterocycles. The summed E-state index contributed by atoms with van der Waals surface area (Å²) in [7, 11) is 0.0326. The molecule has 0 aliphatic heterocycles. The van der Waals surface area contributed by atoms with Crippen molar-refractivity contribution in [3.63, 3.8) is 0 Å². The van der Waals surface area contributed by atoms with E-state index in [1.807, 2.05) is 6.92 Å². The van der Waals surface area contributed by atoms with Gasteiger partial charge in [0.05, 0.1) is 27.8 Å². The number of ether oxygens (including phenoxy) is 1. The number of carbonyl (C=O) groups is 1. The molecule has 0 fully saturated rings. The molecule has 1 rings (SSSR count). The van der Waals surface area contributed by atoms with E-state index in [1.54, 1.807) is 24.3 Å². The zero-order chi connectivity index (χ0) is 14.4. The maximum Gasteiger partial charge on any atom is 0.333 e. The minimum Gasteiger partial charge on any atom is -0.466 e. The molecule has 0 saturated heterocycles. The summed E-state index contributed by atoms with van der Waals surface area (Å²) in [4.78, 5) is 11.9. The van der Waals surface area contributed by atoms with Gasteiger partial charge in [0.1, 0.15) is 0 Å². The number of benzene rings is 1. The van der Waals surface area contributed by atoms with E-state index < -0.39 is 16.8 Å². The third-order valence-electron chi connectivity index (χ3n) is 2.76. The van der Waals surface area contributed by atoms with Crippen LogP contribution in [0.5, 0.6) is 0 Å². The molecule has 1 aromatic carbocycles. The lowest BCUT2D eigenvalue weighted by molar-refractivity contribution is -0.136. The molecule has 0 bridgehead atoms. The molecule has 0 aliphatic rings. The lowest BCUT2D eigenvalue weighted by atomic mass is 10.1. The topological polar surface area (TPSA) is 43.4 Å². The van der Waals surface area contributed by atoms with Crippen LogP contribution in [-0.2, 0) is 20.3 Å². The van der Waals surface area contributed by atoms with Crippen LogP contribution in [0, 0.1) is 0 Å². The Kier molecular flexibility index (Phi) is 6.25. The number of rotatable bonds is 6. The van der Waals surface area contributed by atoms with Crippen molar-refractivity contribution in [2.75, 3.05) is 7.11 Å². The van der Waals surface area contributed by atoms with Crippen molar-refractivity contribution in [3.05, 3.63) is 41.4 Å². The van der Waals surface area contributed by atoms with Gasteiger partial charge in [-0.2, -0.15) is 0 Å². The van der Waals surface area contributed by atoms with Crippen LogP contribution in [0.15, 0.2) is 41.3 Å². The Balaban J connectivity index is 2.87. The second kappa shape index (κ2) is 7.46. The Morgan fingerprint density at radius 2 is 2.11 bits per heavy atom. The van der Waals surface area contributed by atoms with Crippen molar-refractivity contribution in [3.8, 4) is 0 Å². The fraction of sp³-hybridized carbons (Fsp3) is 0.357. The number of carbonyl (C=O) groups excluding carboxylic acids is 1. The summed E-state index contributed by atoms with van der Waals surface area (Å²) in [5.41, 5.74) is 0.328. The highest BCUT2D eigenvalue weighted by Crippen LogP contribution is 2.25. The Morgan fingerprint density at radius 1 is 1.47 bits per heavy atom. The van der Waals surface area contributed by atoms with Crippen LogP contribution in [0.3, 0.4) is 0 Å². The van der Waals surface area contributed by atoms with E-state index in [9.17, 15) is 9.00 Å². The first-order valence-electron chi connectivity index (χ1n) is 5.92. The van der Waals surface area contributed by atoms with Gasteiger partial charge in [-0.3, -0.25) is 4.21 Å². The zero-order valence-electron chi connectivity index (χ0n) is 11.0. The van der Waals surface area contributed by atoms with Crippen molar-refractivity contribution >= 4 is 28.4 Å². The maximum absolute atomic E-state index is 12.5. The first kappa shape index (κ1) is 15.9. The molecule has 19 heavy (non-hydrogen) atoms. The van der Waals surface area contributed by atoms with Gasteiger partial charge in [0.15, 0.2) is 0 Å². The Morgan fingerprint density at radius 3 is 2.63 bits per heavy atom. The van der Waals surface area contributed by atoms with E-state index in [2.05, 4.69) is 11.3 Å². The summed E-state index contributed by atoms with van der Waals surface area (Å²) in [5, 5.41) is 0.273. The lowest BCUT2D eigenvalue weighted by Gasteiger charge is -2.16. The van der Waals surface area contributed by atoms with E-state index in [1.165, 1.54) is 7.11 Å².